The van der Waals surface area contributed by atoms with E-state index in [4.69, 9.17) is 11.6 Å². The summed E-state index contributed by atoms with van der Waals surface area (Å²) < 4.78 is 0. The maximum atomic E-state index is 11.9. The van der Waals surface area contributed by atoms with Gasteiger partial charge in [0.25, 0.3) is 11.6 Å². The number of nitrogens with zero attached hydrogens (tertiary/aromatic N) is 1. The summed E-state index contributed by atoms with van der Waals surface area (Å²) in [7, 11) is 0. The van der Waals surface area contributed by atoms with Crippen molar-refractivity contribution in [3.05, 3.63) is 39.4 Å². The Labute approximate surface area is 104 Å². The number of benzene rings is 1. The molecular weight excluding hydrogens is 244 g/mol. The summed E-state index contributed by atoms with van der Waals surface area (Å²) in [6.45, 7) is 3.39. The van der Waals surface area contributed by atoms with E-state index < -0.39 is 10.8 Å². The molecule has 0 fully saturated rings. The van der Waals surface area contributed by atoms with Gasteiger partial charge in [-0.05, 0) is 19.4 Å². The Bertz CT molecular complexity index is 448. The fraction of sp³-hybridized carbons (Fsp3) is 0.364. The predicted molar refractivity (Wildman–Crippen MR) is 65.5 cm³/mol. The number of amides is 1. The molecule has 0 aliphatic carbocycles. The van der Waals surface area contributed by atoms with Crippen molar-refractivity contribution < 1.29 is 9.72 Å². The third kappa shape index (κ3) is 3.17. The highest BCUT2D eigenvalue weighted by molar-refractivity contribution is 6.18. The molecule has 0 bridgehead atoms. The van der Waals surface area contributed by atoms with Crippen molar-refractivity contribution in [2.75, 3.05) is 5.88 Å². The van der Waals surface area contributed by atoms with Crippen LogP contribution in [0, 0.1) is 17.0 Å². The Morgan fingerprint density at radius 1 is 1.59 bits per heavy atom. The molecule has 1 unspecified atom stereocenters. The first kappa shape index (κ1) is 13.4. The van der Waals surface area contributed by atoms with E-state index in [0.29, 0.717) is 5.56 Å². The van der Waals surface area contributed by atoms with Crippen molar-refractivity contribution >= 4 is 23.2 Å². The van der Waals surface area contributed by atoms with Crippen molar-refractivity contribution in [2.45, 2.75) is 19.9 Å². The molecule has 0 spiro atoms. The molecule has 0 aliphatic heterocycles. The highest BCUT2D eigenvalue weighted by atomic mass is 35.5. The zero-order valence-electron chi connectivity index (χ0n) is 9.57. The van der Waals surface area contributed by atoms with E-state index in [2.05, 4.69) is 5.32 Å². The molecule has 1 atom stereocenters. The predicted octanol–water partition coefficient (Wildman–Crippen LogP) is 2.26. The van der Waals surface area contributed by atoms with Gasteiger partial charge in [-0.15, -0.1) is 11.6 Å². The topological polar surface area (TPSA) is 72.2 Å². The second-order valence-electron chi connectivity index (χ2n) is 3.75. The lowest BCUT2D eigenvalue weighted by Gasteiger charge is -2.12. The van der Waals surface area contributed by atoms with Gasteiger partial charge >= 0.3 is 0 Å². The molecule has 1 aromatic carbocycles. The molecular formula is C11H13ClN2O3. The van der Waals surface area contributed by atoms with Gasteiger partial charge in [0.15, 0.2) is 0 Å². The smallest absolute Gasteiger partial charge is 0.282 e. The van der Waals surface area contributed by atoms with Crippen LogP contribution in [-0.2, 0) is 0 Å². The minimum Gasteiger partial charge on any atom is -0.348 e. The van der Waals surface area contributed by atoms with Crippen LogP contribution in [0.2, 0.25) is 0 Å². The highest BCUT2D eigenvalue weighted by Crippen LogP contribution is 2.21. The first-order chi connectivity index (χ1) is 7.97. The molecule has 1 amide bonds. The molecule has 1 aromatic rings. The molecule has 17 heavy (non-hydrogen) atoms. The van der Waals surface area contributed by atoms with Crippen LogP contribution in [-0.4, -0.2) is 22.8 Å². The van der Waals surface area contributed by atoms with Crippen molar-refractivity contribution in [1.82, 2.24) is 5.32 Å². The lowest BCUT2D eigenvalue weighted by Crippen LogP contribution is -2.34. The molecule has 6 heteroatoms. The fourth-order valence-corrected chi connectivity index (χ4v) is 1.51. The van der Waals surface area contributed by atoms with Crippen LogP contribution in [0.15, 0.2) is 18.2 Å². The number of aryl methyl sites for hydroxylation is 1. The molecule has 5 nitrogen and oxygen atoms in total. The molecule has 0 aliphatic rings. The normalized spacial score (nSPS) is 11.9. The fourth-order valence-electron chi connectivity index (χ4n) is 1.43. The van der Waals surface area contributed by atoms with Crippen LogP contribution in [0.5, 0.6) is 0 Å². The second-order valence-corrected chi connectivity index (χ2v) is 4.06. The molecule has 0 radical (unpaired) electrons. The number of nitro groups is 1. The lowest BCUT2D eigenvalue weighted by atomic mass is 10.1. The van der Waals surface area contributed by atoms with E-state index in [9.17, 15) is 14.9 Å². The summed E-state index contributed by atoms with van der Waals surface area (Å²) in [5.41, 5.74) is 0.470. The number of hydrogen-bond acceptors (Lipinski definition) is 3. The maximum Gasteiger partial charge on any atom is 0.282 e. The number of alkyl halides is 1. The van der Waals surface area contributed by atoms with E-state index in [0.717, 1.165) is 0 Å². The second kappa shape index (κ2) is 5.63. The molecule has 0 heterocycles. The molecule has 0 saturated heterocycles. The first-order valence-electron chi connectivity index (χ1n) is 5.08. The maximum absolute atomic E-state index is 11.9. The molecule has 0 saturated carbocycles. The molecule has 0 aromatic heterocycles. The van der Waals surface area contributed by atoms with Crippen LogP contribution >= 0.6 is 11.6 Å². The van der Waals surface area contributed by atoms with Crippen LogP contribution in [0.4, 0.5) is 5.69 Å². The van der Waals surface area contributed by atoms with Crippen LogP contribution in [0.25, 0.3) is 0 Å². The quantitative estimate of drug-likeness (QED) is 0.510. The Hall–Kier alpha value is -1.62. The summed E-state index contributed by atoms with van der Waals surface area (Å²) in [5.74, 6) is -0.214. The third-order valence-electron chi connectivity index (χ3n) is 2.28. The Morgan fingerprint density at radius 2 is 2.24 bits per heavy atom. The van der Waals surface area contributed by atoms with E-state index >= 15 is 0 Å². The van der Waals surface area contributed by atoms with E-state index in [-0.39, 0.29) is 23.2 Å². The summed E-state index contributed by atoms with van der Waals surface area (Å²) in [6, 6.07) is 4.29. The van der Waals surface area contributed by atoms with Gasteiger partial charge in [-0.2, -0.15) is 0 Å². The largest absolute Gasteiger partial charge is 0.348 e. The Morgan fingerprint density at radius 3 is 2.76 bits per heavy atom. The summed E-state index contributed by atoms with van der Waals surface area (Å²) in [6.07, 6.45) is 0. The van der Waals surface area contributed by atoms with Gasteiger partial charge in [0.1, 0.15) is 5.56 Å². The Balaban J connectivity index is 3.11. The van der Waals surface area contributed by atoms with Crippen molar-refractivity contribution in [1.29, 1.82) is 0 Å². The third-order valence-corrected chi connectivity index (χ3v) is 2.75. The van der Waals surface area contributed by atoms with Gasteiger partial charge in [0.2, 0.25) is 0 Å². The molecule has 92 valence electrons. The number of carbonyl (C=O) groups is 1. The van der Waals surface area contributed by atoms with Gasteiger partial charge in [0, 0.05) is 18.0 Å². The zero-order valence-corrected chi connectivity index (χ0v) is 10.3. The van der Waals surface area contributed by atoms with Gasteiger partial charge < -0.3 is 5.32 Å². The van der Waals surface area contributed by atoms with Crippen LogP contribution < -0.4 is 5.32 Å². The van der Waals surface area contributed by atoms with Crippen molar-refractivity contribution in [3.8, 4) is 0 Å². The highest BCUT2D eigenvalue weighted by Gasteiger charge is 2.22. The van der Waals surface area contributed by atoms with Gasteiger partial charge in [-0.1, -0.05) is 12.1 Å². The SMILES string of the molecule is Cc1cccc([N+](=O)[O-])c1C(=O)NC(C)CCl. The minimum absolute atomic E-state index is 0.0921. The first-order valence-corrected chi connectivity index (χ1v) is 5.61. The van der Waals surface area contributed by atoms with Gasteiger partial charge in [0.05, 0.1) is 4.92 Å². The van der Waals surface area contributed by atoms with Crippen molar-refractivity contribution in [2.24, 2.45) is 0 Å². The van der Waals surface area contributed by atoms with E-state index in [1.165, 1.54) is 6.07 Å². The van der Waals surface area contributed by atoms with Crippen LogP contribution in [0.3, 0.4) is 0 Å². The number of carbonyl (C=O) groups excluding carboxylic acids is 1. The number of halogens is 1. The average Bonchev–Trinajstić information content (AvgIpc) is 2.28. The van der Waals surface area contributed by atoms with Crippen LogP contribution in [0.1, 0.15) is 22.8 Å². The minimum atomic E-state index is -0.562. The average molecular weight is 257 g/mol. The number of nitrogens with one attached hydrogen (secondary N) is 1. The van der Waals surface area contributed by atoms with Crippen molar-refractivity contribution in [3.63, 3.8) is 0 Å². The monoisotopic (exact) mass is 256 g/mol. The molecule has 1 N–H and O–H groups in total. The zero-order chi connectivity index (χ0) is 13.0. The standard InChI is InChI=1S/C11H13ClN2O3/c1-7-4-3-5-9(14(16)17)10(7)11(15)13-8(2)6-12/h3-5,8H,6H2,1-2H3,(H,13,15). The summed E-state index contributed by atoms with van der Waals surface area (Å²) >= 11 is 5.58. The Kier molecular flexibility index (Phi) is 4.45. The number of nitro benzene ring substituents is 1. The number of hydrogen-bond donors (Lipinski definition) is 1. The molecule has 1 rings (SSSR count). The number of rotatable bonds is 4. The summed E-state index contributed by atoms with van der Waals surface area (Å²) in [4.78, 5) is 22.2. The summed E-state index contributed by atoms with van der Waals surface area (Å²) in [5, 5.41) is 13.4. The van der Waals surface area contributed by atoms with E-state index in [1.54, 1.807) is 26.0 Å². The lowest BCUT2D eigenvalue weighted by molar-refractivity contribution is -0.385. The van der Waals surface area contributed by atoms with Gasteiger partial charge in [-0.3, -0.25) is 14.9 Å². The van der Waals surface area contributed by atoms with Gasteiger partial charge in [-0.25, -0.2) is 0 Å². The van der Waals surface area contributed by atoms with E-state index in [1.807, 2.05) is 0 Å².